The van der Waals surface area contributed by atoms with Crippen LogP contribution in [0, 0.1) is 6.92 Å². The van der Waals surface area contributed by atoms with E-state index >= 15 is 0 Å². The third kappa shape index (κ3) is 2.43. The molecule has 4 nitrogen and oxygen atoms in total. The number of halogens is 1. The highest BCUT2D eigenvalue weighted by Crippen LogP contribution is 2.23. The van der Waals surface area contributed by atoms with Crippen molar-refractivity contribution in [3.63, 3.8) is 0 Å². The van der Waals surface area contributed by atoms with Crippen molar-refractivity contribution in [2.75, 3.05) is 0 Å². The molecule has 1 unspecified atom stereocenters. The summed E-state index contributed by atoms with van der Waals surface area (Å²) in [6.45, 7) is 2.43. The lowest BCUT2D eigenvalue weighted by atomic mass is 10.1. The number of fused-ring (bicyclic) bond motifs is 2. The van der Waals surface area contributed by atoms with E-state index in [0.29, 0.717) is 17.8 Å². The molecule has 4 rings (SSSR count). The minimum absolute atomic E-state index is 0.0439. The summed E-state index contributed by atoms with van der Waals surface area (Å²) in [6.07, 6.45) is 2.01. The van der Waals surface area contributed by atoms with E-state index in [1.807, 2.05) is 55.6 Å². The maximum atomic E-state index is 12.7. The first-order valence-corrected chi connectivity index (χ1v) is 8.45. The Morgan fingerprint density at radius 3 is 2.88 bits per heavy atom. The maximum Gasteiger partial charge on any atom is 0.264 e. The molecular weight excluding hydrogens is 341 g/mol. The Morgan fingerprint density at radius 2 is 2.04 bits per heavy atom. The number of aryl methyl sites for hydroxylation is 1. The van der Waals surface area contributed by atoms with Gasteiger partial charge in [-0.1, -0.05) is 23.7 Å². The Morgan fingerprint density at radius 1 is 1.21 bits per heavy atom. The van der Waals surface area contributed by atoms with Gasteiger partial charge in [0.2, 0.25) is 0 Å². The van der Waals surface area contributed by atoms with Crippen LogP contribution in [0.1, 0.15) is 11.4 Å². The smallest absolute Gasteiger partial charge is 0.264 e. The van der Waals surface area contributed by atoms with Crippen molar-refractivity contribution in [3.05, 3.63) is 75.4 Å². The van der Waals surface area contributed by atoms with E-state index < -0.39 is 0 Å². The molecule has 24 heavy (non-hydrogen) atoms. The van der Waals surface area contributed by atoms with Crippen molar-refractivity contribution < 1.29 is 0 Å². The minimum Gasteiger partial charge on any atom is -0.343 e. The van der Waals surface area contributed by atoms with Crippen LogP contribution in [0.2, 0.25) is 5.02 Å². The second-order valence-corrected chi connectivity index (χ2v) is 6.75. The van der Waals surface area contributed by atoms with E-state index in [1.54, 1.807) is 0 Å². The van der Waals surface area contributed by atoms with Crippen LogP contribution < -0.4 is 5.56 Å². The van der Waals surface area contributed by atoms with E-state index in [0.717, 1.165) is 27.0 Å². The number of benzene rings is 2. The third-order valence-electron chi connectivity index (χ3n) is 4.27. The van der Waals surface area contributed by atoms with Gasteiger partial charge in [-0.15, -0.1) is 0 Å². The van der Waals surface area contributed by atoms with Crippen molar-refractivity contribution in [2.24, 2.45) is 0 Å². The van der Waals surface area contributed by atoms with E-state index in [-0.39, 0.29) is 5.56 Å². The van der Waals surface area contributed by atoms with Crippen molar-refractivity contribution in [3.8, 4) is 0 Å². The first-order valence-electron chi connectivity index (χ1n) is 7.55. The zero-order valence-electron chi connectivity index (χ0n) is 13.0. The van der Waals surface area contributed by atoms with Crippen LogP contribution in [0.25, 0.3) is 21.8 Å². The third-order valence-corrected chi connectivity index (χ3v) is 5.11. The Labute approximate surface area is 146 Å². The first-order chi connectivity index (χ1) is 11.5. The topological polar surface area (TPSA) is 39.8 Å². The van der Waals surface area contributed by atoms with Crippen LogP contribution >= 0.6 is 21.0 Å². The van der Waals surface area contributed by atoms with Gasteiger partial charge in [0.1, 0.15) is 5.82 Å². The van der Waals surface area contributed by atoms with Crippen LogP contribution in [0.5, 0.6) is 0 Å². The van der Waals surface area contributed by atoms with Gasteiger partial charge in [0, 0.05) is 28.7 Å². The average Bonchev–Trinajstić information content (AvgIpc) is 2.94. The molecule has 6 heteroatoms. The Kier molecular flexibility index (Phi) is 3.67. The van der Waals surface area contributed by atoms with Crippen molar-refractivity contribution >= 4 is 42.8 Å². The quantitative estimate of drug-likeness (QED) is 0.510. The van der Waals surface area contributed by atoms with Gasteiger partial charge in [0.25, 0.3) is 5.56 Å². The maximum absolute atomic E-state index is 12.7. The molecule has 4 aromatic rings. The summed E-state index contributed by atoms with van der Waals surface area (Å²) in [5, 5.41) is 2.46. The standard InChI is InChI=1S/C18H15ClN3OP/c1-11-20-15-4-2-3-13(17(15)18(23)22(11)24)10-21-8-7-12-9-14(19)5-6-16(12)21/h2-9H,10,24H2,1H3. The predicted molar refractivity (Wildman–Crippen MR) is 102 cm³/mol. The second-order valence-electron chi connectivity index (χ2n) is 5.79. The lowest BCUT2D eigenvalue weighted by Gasteiger charge is -2.11. The fourth-order valence-corrected chi connectivity index (χ4v) is 3.41. The largest absolute Gasteiger partial charge is 0.343 e. The molecular formula is C18H15ClN3OP. The molecule has 0 aliphatic rings. The van der Waals surface area contributed by atoms with Crippen LogP contribution in [-0.2, 0) is 6.54 Å². The zero-order valence-corrected chi connectivity index (χ0v) is 14.9. The fourth-order valence-electron chi connectivity index (χ4n) is 3.05. The molecule has 2 heterocycles. The molecule has 0 fully saturated rings. The Hall–Kier alpha value is -2.16. The number of nitrogens with zero attached hydrogens (tertiary/aromatic N) is 3. The van der Waals surface area contributed by atoms with Gasteiger partial charge in [0.15, 0.2) is 0 Å². The molecule has 2 aromatic heterocycles. The SMILES string of the molecule is Cc1nc2cccc(Cn3ccc4cc(Cl)ccc43)c2c(=O)n1P. The van der Waals surface area contributed by atoms with Gasteiger partial charge in [-0.3, -0.25) is 9.13 Å². The average molecular weight is 356 g/mol. The number of hydrogen-bond acceptors (Lipinski definition) is 2. The highest BCUT2D eigenvalue weighted by Gasteiger charge is 2.11. The summed E-state index contributed by atoms with van der Waals surface area (Å²) >= 11 is 6.06. The number of hydrogen-bond donors (Lipinski definition) is 0. The van der Waals surface area contributed by atoms with Gasteiger partial charge >= 0.3 is 0 Å². The predicted octanol–water partition coefficient (Wildman–Crippen LogP) is 4.00. The normalized spacial score (nSPS) is 11.5. The van der Waals surface area contributed by atoms with Gasteiger partial charge in [-0.2, -0.15) is 0 Å². The molecule has 1 atom stereocenters. The summed E-state index contributed by atoms with van der Waals surface area (Å²) < 4.78 is 3.63. The zero-order chi connectivity index (χ0) is 16.8. The summed E-state index contributed by atoms with van der Waals surface area (Å²) in [6, 6.07) is 13.7. The molecule has 0 saturated heterocycles. The van der Waals surface area contributed by atoms with Crippen molar-refractivity contribution in [2.45, 2.75) is 13.5 Å². The lowest BCUT2D eigenvalue weighted by Crippen LogP contribution is -2.18. The van der Waals surface area contributed by atoms with E-state index in [9.17, 15) is 4.79 Å². The molecule has 0 bridgehead atoms. The number of aromatic nitrogens is 3. The molecule has 0 radical (unpaired) electrons. The van der Waals surface area contributed by atoms with Gasteiger partial charge in [-0.25, -0.2) is 4.98 Å². The Balaban J connectivity index is 1.90. The van der Waals surface area contributed by atoms with Crippen LogP contribution in [0.15, 0.2) is 53.5 Å². The van der Waals surface area contributed by atoms with E-state index in [1.165, 1.54) is 4.34 Å². The molecule has 0 aliphatic heterocycles. The molecule has 120 valence electrons. The molecule has 0 N–H and O–H groups in total. The fraction of sp³-hybridized carbons (Fsp3) is 0.111. The van der Waals surface area contributed by atoms with Crippen molar-refractivity contribution in [1.29, 1.82) is 0 Å². The second kappa shape index (κ2) is 5.73. The number of rotatable bonds is 2. The molecule has 0 saturated carbocycles. The Bertz CT molecular complexity index is 1150. The van der Waals surface area contributed by atoms with Crippen LogP contribution in [-0.4, -0.2) is 13.9 Å². The molecule has 0 spiro atoms. The highest BCUT2D eigenvalue weighted by atomic mass is 35.5. The summed E-state index contributed by atoms with van der Waals surface area (Å²) in [4.78, 5) is 17.2. The summed E-state index contributed by atoms with van der Waals surface area (Å²) in [7, 11) is 2.43. The van der Waals surface area contributed by atoms with Gasteiger partial charge in [-0.05, 0) is 52.2 Å². The molecule has 0 aliphatic carbocycles. The monoisotopic (exact) mass is 355 g/mol. The van der Waals surface area contributed by atoms with Crippen LogP contribution in [0.4, 0.5) is 0 Å². The van der Waals surface area contributed by atoms with E-state index in [4.69, 9.17) is 11.6 Å². The molecule has 2 aromatic carbocycles. The summed E-state index contributed by atoms with van der Waals surface area (Å²) in [5.41, 5.74) is 2.72. The minimum atomic E-state index is -0.0439. The van der Waals surface area contributed by atoms with Gasteiger partial charge in [0.05, 0.1) is 10.9 Å². The first kappa shape index (κ1) is 15.4. The molecule has 0 amide bonds. The van der Waals surface area contributed by atoms with Gasteiger partial charge < -0.3 is 4.57 Å². The van der Waals surface area contributed by atoms with Crippen LogP contribution in [0.3, 0.4) is 0 Å². The van der Waals surface area contributed by atoms with E-state index in [2.05, 4.69) is 18.9 Å². The van der Waals surface area contributed by atoms with Crippen molar-refractivity contribution in [1.82, 2.24) is 13.9 Å². The lowest BCUT2D eigenvalue weighted by molar-refractivity contribution is 0.840. The summed E-state index contributed by atoms with van der Waals surface area (Å²) in [5.74, 6) is 0.677. The highest BCUT2D eigenvalue weighted by molar-refractivity contribution is 7.14.